The van der Waals surface area contributed by atoms with E-state index < -0.39 is 0 Å². The van der Waals surface area contributed by atoms with Gasteiger partial charge in [0.2, 0.25) is 11.4 Å². The van der Waals surface area contributed by atoms with E-state index in [1.54, 1.807) is 4.70 Å². The summed E-state index contributed by atoms with van der Waals surface area (Å²) in [5, 5.41) is 0. The van der Waals surface area contributed by atoms with Crippen molar-refractivity contribution >= 4 is 11.4 Å². The molecule has 0 unspecified atom stereocenters. The van der Waals surface area contributed by atoms with Crippen LogP contribution in [0.2, 0.25) is 0 Å². The normalized spacial score (nSPS) is 12.9. The Morgan fingerprint density at radius 1 is 0.386 bits per heavy atom. The number of hydrogen-bond acceptors (Lipinski definition) is 2. The monoisotopic (exact) mass is 829 g/mol. The van der Waals surface area contributed by atoms with Gasteiger partial charge in [0.1, 0.15) is 0 Å². The van der Waals surface area contributed by atoms with E-state index in [2.05, 4.69) is 91.8 Å². The molecule has 3 rings (SSSR count). The van der Waals surface area contributed by atoms with Gasteiger partial charge in [-0.2, -0.15) is 0 Å². The first-order valence-electron chi connectivity index (χ1n) is 24.0. The molecule has 57 heavy (non-hydrogen) atoms. The summed E-state index contributed by atoms with van der Waals surface area (Å²) in [5.41, 5.74) is 25.6. The zero-order valence-corrected chi connectivity index (χ0v) is 39.3. The Labute approximate surface area is 359 Å². The van der Waals surface area contributed by atoms with Gasteiger partial charge in [-0.05, 0) is 124 Å². The van der Waals surface area contributed by atoms with Crippen LogP contribution >= 0.6 is 0 Å². The van der Waals surface area contributed by atoms with Crippen molar-refractivity contribution in [2.75, 3.05) is 13.2 Å². The fourth-order valence-electron chi connectivity index (χ4n) is 7.62. The van der Waals surface area contributed by atoms with Crippen molar-refractivity contribution in [1.82, 2.24) is 0 Å². The van der Waals surface area contributed by atoms with Crippen LogP contribution in [0.15, 0.2) is 47.5 Å². The third-order valence-corrected chi connectivity index (χ3v) is 11.7. The van der Waals surface area contributed by atoms with Crippen LogP contribution in [0, 0.1) is 0 Å². The van der Waals surface area contributed by atoms with E-state index in [9.17, 15) is 5.53 Å². The molecular formula is C52H86N2NiO2. The quantitative estimate of drug-likeness (QED) is 0.0419. The summed E-state index contributed by atoms with van der Waals surface area (Å²) in [5.74, 6) is 0. The first-order valence-corrected chi connectivity index (χ1v) is 24.8. The van der Waals surface area contributed by atoms with Crippen molar-refractivity contribution in [3.63, 3.8) is 0 Å². The van der Waals surface area contributed by atoms with Crippen LogP contribution in [0.1, 0.15) is 230 Å². The van der Waals surface area contributed by atoms with Crippen molar-refractivity contribution in [1.29, 1.82) is 0 Å². The second kappa shape index (κ2) is 32.7. The first-order chi connectivity index (χ1) is 27.9. The van der Waals surface area contributed by atoms with Crippen molar-refractivity contribution in [2.24, 2.45) is 0 Å². The van der Waals surface area contributed by atoms with Crippen molar-refractivity contribution in [2.45, 2.75) is 222 Å². The predicted molar refractivity (Wildman–Crippen MR) is 244 cm³/mol. The molecule has 0 aliphatic carbocycles. The molecular weight excluding hydrogens is 743 g/mol. The number of aryl methyl sites for hydroxylation is 4. The van der Waals surface area contributed by atoms with Gasteiger partial charge in [-0.1, -0.05) is 118 Å². The number of benzene rings is 2. The summed E-state index contributed by atoms with van der Waals surface area (Å²) in [4.78, 5) is 0. The van der Waals surface area contributed by atoms with Crippen molar-refractivity contribution < 1.29 is 27.5 Å². The molecule has 0 atom stereocenters. The number of rotatable bonds is 32. The summed E-state index contributed by atoms with van der Waals surface area (Å²) in [6.45, 7) is 19.7. The Hall–Kier alpha value is -2.07. The van der Waals surface area contributed by atoms with Gasteiger partial charge < -0.3 is 5.53 Å². The number of nitrogens with zero attached hydrogens (tertiary/aromatic N) is 2. The van der Waals surface area contributed by atoms with Gasteiger partial charge in [-0.25, -0.2) is 4.70 Å². The van der Waals surface area contributed by atoms with Gasteiger partial charge in [0.05, 0.1) is 0 Å². The minimum absolute atomic E-state index is 0.808. The van der Waals surface area contributed by atoms with E-state index in [1.807, 2.05) is 0 Å². The zero-order chi connectivity index (χ0) is 41.5. The van der Waals surface area contributed by atoms with E-state index >= 15 is 0 Å². The van der Waals surface area contributed by atoms with E-state index in [-0.39, 0.29) is 0 Å². The fourth-order valence-corrected chi connectivity index (χ4v) is 8.15. The SMILES string of the molecule is CCCCCCC1=C(c2cc(CCCC)cc(CCCCC)c2)[N+](=[N-])C(c2cc(CCCC)cc(CCCCC)c2)=C1CCCC.CCCC[O][Ni][O]CCCC. The first kappa shape index (κ1) is 51.1. The van der Waals surface area contributed by atoms with Gasteiger partial charge in [0, 0.05) is 22.3 Å². The summed E-state index contributed by atoms with van der Waals surface area (Å²) in [6.07, 6.45) is 30.7. The van der Waals surface area contributed by atoms with Gasteiger partial charge >= 0.3 is 75.6 Å². The average molecular weight is 830 g/mol. The van der Waals surface area contributed by atoms with Crippen LogP contribution in [-0.4, -0.2) is 17.9 Å². The topological polar surface area (TPSA) is 43.8 Å². The summed E-state index contributed by atoms with van der Waals surface area (Å²) >= 11 is 0.968. The van der Waals surface area contributed by atoms with Gasteiger partial charge in [-0.15, -0.1) is 0 Å². The van der Waals surface area contributed by atoms with E-state index in [1.165, 1.54) is 147 Å². The molecule has 0 amide bonds. The van der Waals surface area contributed by atoms with E-state index in [0.717, 1.165) is 104 Å². The molecule has 0 radical (unpaired) electrons. The Balaban J connectivity index is 0.000000886. The average Bonchev–Trinajstić information content (AvgIpc) is 3.50. The molecule has 0 N–H and O–H groups in total. The molecule has 2 aromatic rings. The molecule has 4 nitrogen and oxygen atoms in total. The zero-order valence-electron chi connectivity index (χ0n) is 38.3. The second-order valence-electron chi connectivity index (χ2n) is 16.4. The molecule has 5 heteroatoms. The predicted octanol–water partition coefficient (Wildman–Crippen LogP) is 16.7. The van der Waals surface area contributed by atoms with Crippen LogP contribution in [0.25, 0.3) is 16.9 Å². The van der Waals surface area contributed by atoms with E-state index in [0.29, 0.717) is 0 Å². The Morgan fingerprint density at radius 3 is 1.09 bits per heavy atom. The van der Waals surface area contributed by atoms with Crippen LogP contribution < -0.4 is 0 Å². The molecule has 1 heterocycles. The van der Waals surface area contributed by atoms with Gasteiger partial charge in [0.25, 0.3) is 0 Å². The summed E-state index contributed by atoms with van der Waals surface area (Å²) in [7, 11) is 0. The van der Waals surface area contributed by atoms with Crippen LogP contribution in [0.4, 0.5) is 0 Å². The summed E-state index contributed by atoms with van der Waals surface area (Å²) in [6, 6.07) is 14.6. The van der Waals surface area contributed by atoms with Gasteiger partial charge in [0.15, 0.2) is 0 Å². The van der Waals surface area contributed by atoms with Crippen LogP contribution in [0.3, 0.4) is 0 Å². The molecule has 0 bridgehead atoms. The molecule has 326 valence electrons. The number of unbranched alkanes of at least 4 members (excludes halogenated alkanes) is 12. The molecule has 2 aromatic carbocycles. The Kier molecular flexibility index (Phi) is 29.3. The maximum atomic E-state index is 12.5. The van der Waals surface area contributed by atoms with Gasteiger partial charge in [-0.3, -0.25) is 0 Å². The molecule has 0 fully saturated rings. The summed E-state index contributed by atoms with van der Waals surface area (Å²) < 4.78 is 11.9. The molecule has 1 aliphatic heterocycles. The third-order valence-electron chi connectivity index (χ3n) is 11.0. The molecule has 0 spiro atoms. The molecule has 0 saturated heterocycles. The second-order valence-corrected chi connectivity index (χ2v) is 17.2. The third kappa shape index (κ3) is 19.7. The standard InChI is InChI=1S/C44H68N2.2C4H9O.Ni/c1-7-13-19-22-28-42-41(27-18-12-6)43(39-31-35(23-16-10-4)29-37(33-39)25-20-14-8-2)46(45)44(42)40-32-36(24-17-11-5)30-38(34-40)26-21-15-9-3;2*1-2-3-4-5;/h29-34H,7-28H2,1-6H3;2*2-4H2,1H3;/q;2*-1;+2. The molecule has 0 aromatic heterocycles. The van der Waals surface area contributed by atoms with Crippen molar-refractivity contribution in [3.05, 3.63) is 86.5 Å². The maximum absolute atomic E-state index is 12.5. The van der Waals surface area contributed by atoms with Crippen LogP contribution in [0.5, 0.6) is 0 Å². The fraction of sp³-hybridized carbons (Fsp3) is 0.692. The van der Waals surface area contributed by atoms with E-state index in [4.69, 9.17) is 7.76 Å². The molecule has 0 saturated carbocycles. The minimum atomic E-state index is 0.808. The Bertz CT molecular complexity index is 1440. The van der Waals surface area contributed by atoms with Crippen LogP contribution in [-0.2, 0) is 48.5 Å². The number of allylic oxidation sites excluding steroid dienone is 2. The molecule has 1 aliphatic rings. The number of hydrogen-bond donors (Lipinski definition) is 0. The van der Waals surface area contributed by atoms with Crippen molar-refractivity contribution in [3.8, 4) is 0 Å². The Morgan fingerprint density at radius 2 is 0.702 bits per heavy atom.